The third kappa shape index (κ3) is 2.51. The molecule has 106 valence electrons. The van der Waals surface area contributed by atoms with Gasteiger partial charge in [0, 0.05) is 18.7 Å². The molecule has 1 aliphatic rings. The number of aliphatic hydroxyl groups is 1. The van der Waals surface area contributed by atoms with Gasteiger partial charge in [-0.2, -0.15) is 0 Å². The van der Waals surface area contributed by atoms with Crippen LogP contribution >= 0.6 is 0 Å². The van der Waals surface area contributed by atoms with Crippen LogP contribution < -0.4 is 5.32 Å². The molecular weight excluding hydrogens is 256 g/mol. The van der Waals surface area contributed by atoms with E-state index in [2.05, 4.69) is 15.6 Å². The van der Waals surface area contributed by atoms with Gasteiger partial charge in [-0.25, -0.2) is 4.68 Å². The first-order chi connectivity index (χ1) is 9.69. The maximum absolute atomic E-state index is 12.0. The van der Waals surface area contributed by atoms with E-state index in [9.17, 15) is 9.90 Å². The highest BCUT2D eigenvalue weighted by Gasteiger charge is 2.29. The van der Waals surface area contributed by atoms with Gasteiger partial charge in [0.15, 0.2) is 0 Å². The van der Waals surface area contributed by atoms with Crippen LogP contribution in [0.4, 0.5) is 0 Å². The minimum Gasteiger partial charge on any atom is -0.391 e. The van der Waals surface area contributed by atoms with Crippen LogP contribution in [0, 0.1) is 5.92 Å². The summed E-state index contributed by atoms with van der Waals surface area (Å²) in [6.07, 6.45) is 1.69. The lowest BCUT2D eigenvalue weighted by molar-refractivity contribution is 0.0901. The van der Waals surface area contributed by atoms with Crippen molar-refractivity contribution in [1.82, 2.24) is 20.3 Å². The molecule has 1 heterocycles. The Hall–Kier alpha value is -1.95. The third-order valence-electron chi connectivity index (χ3n) is 3.71. The van der Waals surface area contributed by atoms with Crippen molar-refractivity contribution in [3.8, 4) is 0 Å². The van der Waals surface area contributed by atoms with E-state index in [-0.39, 0.29) is 5.91 Å². The van der Waals surface area contributed by atoms with Crippen LogP contribution in [0.5, 0.6) is 0 Å². The lowest BCUT2D eigenvalue weighted by atomic mass is 10.1. The summed E-state index contributed by atoms with van der Waals surface area (Å²) in [5, 5.41) is 20.6. The third-order valence-corrected chi connectivity index (χ3v) is 3.71. The Balaban J connectivity index is 1.70. The molecule has 1 fully saturated rings. The number of aryl methyl sites for hydroxylation is 1. The van der Waals surface area contributed by atoms with Gasteiger partial charge in [-0.3, -0.25) is 4.79 Å². The second-order valence-electron chi connectivity index (χ2n) is 5.22. The number of rotatable bonds is 5. The molecule has 1 aromatic carbocycles. The van der Waals surface area contributed by atoms with Crippen molar-refractivity contribution in [3.63, 3.8) is 0 Å². The minimum atomic E-state index is -0.427. The van der Waals surface area contributed by atoms with E-state index in [1.54, 1.807) is 16.8 Å². The van der Waals surface area contributed by atoms with Crippen LogP contribution in [0.25, 0.3) is 11.0 Å². The van der Waals surface area contributed by atoms with Gasteiger partial charge in [-0.05, 0) is 43.9 Å². The number of hydrogen-bond donors (Lipinski definition) is 2. The Bertz CT molecular complexity index is 633. The van der Waals surface area contributed by atoms with Crippen molar-refractivity contribution in [3.05, 3.63) is 23.8 Å². The van der Waals surface area contributed by atoms with Crippen molar-refractivity contribution in [2.24, 2.45) is 5.92 Å². The van der Waals surface area contributed by atoms with Crippen molar-refractivity contribution in [1.29, 1.82) is 0 Å². The van der Waals surface area contributed by atoms with E-state index < -0.39 is 6.10 Å². The van der Waals surface area contributed by atoms with Crippen LogP contribution in [-0.4, -0.2) is 38.7 Å². The van der Waals surface area contributed by atoms with Crippen molar-refractivity contribution < 1.29 is 9.90 Å². The standard InChI is InChI=1S/C14H18N4O2/c1-2-18-12-6-5-10(7-11(12)16-17-18)14(20)15-8-13(19)9-3-4-9/h5-7,9,13,19H,2-4,8H2,1H3,(H,15,20). The molecule has 1 aromatic heterocycles. The highest BCUT2D eigenvalue weighted by molar-refractivity contribution is 5.97. The normalized spacial score (nSPS) is 16.3. The predicted octanol–water partition coefficient (Wildman–Crippen LogP) is 0.952. The summed E-state index contributed by atoms with van der Waals surface area (Å²) in [7, 11) is 0. The summed E-state index contributed by atoms with van der Waals surface area (Å²) >= 11 is 0. The Morgan fingerprint density at radius 1 is 1.55 bits per heavy atom. The summed E-state index contributed by atoms with van der Waals surface area (Å²) in [5.41, 5.74) is 2.17. The van der Waals surface area contributed by atoms with Crippen LogP contribution in [0.1, 0.15) is 30.1 Å². The van der Waals surface area contributed by atoms with E-state index >= 15 is 0 Å². The summed E-state index contributed by atoms with van der Waals surface area (Å²) in [6.45, 7) is 3.05. The lowest BCUT2D eigenvalue weighted by Gasteiger charge is -2.10. The van der Waals surface area contributed by atoms with Gasteiger partial charge in [0.2, 0.25) is 0 Å². The molecule has 1 unspecified atom stereocenters. The Labute approximate surface area is 116 Å². The molecule has 6 heteroatoms. The monoisotopic (exact) mass is 274 g/mol. The van der Waals surface area contributed by atoms with Crippen molar-refractivity contribution in [2.45, 2.75) is 32.4 Å². The molecule has 0 aliphatic heterocycles. The van der Waals surface area contributed by atoms with E-state index in [4.69, 9.17) is 0 Å². The van der Waals surface area contributed by atoms with Gasteiger partial charge in [0.05, 0.1) is 11.6 Å². The summed E-state index contributed by atoms with van der Waals surface area (Å²) in [6, 6.07) is 5.34. The maximum atomic E-state index is 12.0. The van der Waals surface area contributed by atoms with Crippen LogP contribution in [0.3, 0.4) is 0 Å². The number of fused-ring (bicyclic) bond motifs is 1. The van der Waals surface area contributed by atoms with Gasteiger partial charge in [-0.1, -0.05) is 5.21 Å². The summed E-state index contributed by atoms with van der Waals surface area (Å²) in [5.74, 6) is 0.180. The van der Waals surface area contributed by atoms with Gasteiger partial charge >= 0.3 is 0 Å². The fourth-order valence-corrected chi connectivity index (χ4v) is 2.29. The molecule has 1 saturated carbocycles. The number of nitrogens with zero attached hydrogens (tertiary/aromatic N) is 3. The molecule has 1 aliphatic carbocycles. The molecule has 1 amide bonds. The number of amides is 1. The van der Waals surface area contributed by atoms with Crippen molar-refractivity contribution in [2.75, 3.05) is 6.54 Å². The zero-order chi connectivity index (χ0) is 14.1. The number of hydrogen-bond acceptors (Lipinski definition) is 4. The van der Waals surface area contributed by atoms with Crippen LogP contribution in [0.15, 0.2) is 18.2 Å². The fourth-order valence-electron chi connectivity index (χ4n) is 2.29. The van der Waals surface area contributed by atoms with Gasteiger partial charge in [0.1, 0.15) is 5.52 Å². The van der Waals surface area contributed by atoms with E-state index in [0.29, 0.717) is 23.5 Å². The zero-order valence-corrected chi connectivity index (χ0v) is 11.4. The van der Waals surface area contributed by atoms with E-state index in [1.807, 2.05) is 13.0 Å². The molecule has 20 heavy (non-hydrogen) atoms. The van der Waals surface area contributed by atoms with Gasteiger partial charge in [-0.15, -0.1) is 5.10 Å². The van der Waals surface area contributed by atoms with Gasteiger partial charge in [0.25, 0.3) is 5.91 Å². The first-order valence-corrected chi connectivity index (χ1v) is 6.98. The summed E-state index contributed by atoms with van der Waals surface area (Å²) in [4.78, 5) is 12.0. The first kappa shape index (κ1) is 13.1. The quantitative estimate of drug-likeness (QED) is 0.850. The molecule has 6 nitrogen and oxygen atoms in total. The first-order valence-electron chi connectivity index (χ1n) is 6.98. The van der Waals surface area contributed by atoms with Crippen LogP contribution in [0.2, 0.25) is 0 Å². The second-order valence-corrected chi connectivity index (χ2v) is 5.22. The molecule has 0 saturated heterocycles. The molecular formula is C14H18N4O2. The molecule has 3 rings (SSSR count). The molecule has 2 aromatic rings. The highest BCUT2D eigenvalue weighted by Crippen LogP contribution is 2.32. The SMILES string of the molecule is CCn1nnc2cc(C(=O)NCC(O)C3CC3)ccc21. The largest absolute Gasteiger partial charge is 0.391 e. The number of aliphatic hydroxyl groups excluding tert-OH is 1. The average Bonchev–Trinajstić information content (AvgIpc) is 3.24. The number of nitrogens with one attached hydrogen (secondary N) is 1. The van der Waals surface area contributed by atoms with Gasteiger partial charge < -0.3 is 10.4 Å². The molecule has 0 radical (unpaired) electrons. The van der Waals surface area contributed by atoms with E-state index in [1.165, 1.54) is 0 Å². The Morgan fingerprint density at radius 2 is 2.35 bits per heavy atom. The smallest absolute Gasteiger partial charge is 0.251 e. The molecule has 2 N–H and O–H groups in total. The number of benzene rings is 1. The highest BCUT2D eigenvalue weighted by atomic mass is 16.3. The molecule has 1 atom stereocenters. The Kier molecular flexibility index (Phi) is 3.40. The second kappa shape index (κ2) is 5.20. The predicted molar refractivity (Wildman–Crippen MR) is 74.3 cm³/mol. The molecule has 0 spiro atoms. The average molecular weight is 274 g/mol. The number of carbonyl (C=O) groups excluding carboxylic acids is 1. The van der Waals surface area contributed by atoms with Crippen molar-refractivity contribution >= 4 is 16.9 Å². The number of carbonyl (C=O) groups is 1. The Morgan fingerprint density at radius 3 is 3.05 bits per heavy atom. The van der Waals surface area contributed by atoms with Crippen LogP contribution in [-0.2, 0) is 6.54 Å². The fraction of sp³-hybridized carbons (Fsp3) is 0.500. The number of aromatic nitrogens is 3. The minimum absolute atomic E-state index is 0.183. The summed E-state index contributed by atoms with van der Waals surface area (Å²) < 4.78 is 1.79. The lowest BCUT2D eigenvalue weighted by Crippen LogP contribution is -2.33. The molecule has 0 bridgehead atoms. The van der Waals surface area contributed by atoms with E-state index in [0.717, 1.165) is 24.9 Å². The zero-order valence-electron chi connectivity index (χ0n) is 11.4. The topological polar surface area (TPSA) is 80.0 Å². The maximum Gasteiger partial charge on any atom is 0.251 e.